The topological polar surface area (TPSA) is 90.8 Å². The van der Waals surface area contributed by atoms with Crippen LogP contribution in [0.3, 0.4) is 0 Å². The highest BCUT2D eigenvalue weighted by Gasteiger charge is 2.28. The lowest BCUT2D eigenvalue weighted by Gasteiger charge is -2.31. The summed E-state index contributed by atoms with van der Waals surface area (Å²) in [5.74, 6) is -1.39. The lowest BCUT2D eigenvalue weighted by Crippen LogP contribution is -2.51. The number of nitrogens with zero attached hydrogens (tertiary/aromatic N) is 3. The highest BCUT2D eigenvalue weighted by atomic mass is 32.1. The van der Waals surface area contributed by atoms with E-state index >= 15 is 0 Å². The summed E-state index contributed by atoms with van der Waals surface area (Å²) in [4.78, 5) is 40.5. The smallest absolute Gasteiger partial charge is 0.365 e. The van der Waals surface area contributed by atoms with Gasteiger partial charge in [0.15, 0.2) is 0 Å². The molecule has 0 aliphatic carbocycles. The van der Waals surface area contributed by atoms with E-state index in [9.17, 15) is 14.4 Å². The minimum Gasteiger partial charge on any atom is -0.476 e. The summed E-state index contributed by atoms with van der Waals surface area (Å²) >= 11 is 1.00. The summed E-state index contributed by atoms with van der Waals surface area (Å²) in [6.45, 7) is 0.228. The van der Waals surface area contributed by atoms with Crippen molar-refractivity contribution in [2.45, 2.75) is 6.54 Å². The lowest BCUT2D eigenvalue weighted by atomic mass is 10.3. The molecule has 18 heavy (non-hydrogen) atoms. The quantitative estimate of drug-likeness (QED) is 0.809. The Kier molecular flexibility index (Phi) is 3.28. The van der Waals surface area contributed by atoms with Crippen LogP contribution in [0.1, 0.15) is 15.5 Å². The normalized spacial score (nSPS) is 16.3. The molecule has 2 amide bonds. The third-order valence-corrected chi connectivity index (χ3v) is 3.44. The highest BCUT2D eigenvalue weighted by molar-refractivity contribution is 7.11. The summed E-state index contributed by atoms with van der Waals surface area (Å²) in [5.41, 5.74) is 0.489. The molecule has 1 aromatic heterocycles. The number of likely N-dealkylation sites (N-methyl/N-ethyl adjacent to an activating group) is 1. The van der Waals surface area contributed by atoms with E-state index in [4.69, 9.17) is 5.11 Å². The van der Waals surface area contributed by atoms with Crippen LogP contribution in [-0.2, 0) is 16.1 Å². The number of hydrogen-bond donors (Lipinski definition) is 1. The average Bonchev–Trinajstić information content (AvgIpc) is 2.74. The predicted molar refractivity (Wildman–Crippen MR) is 62.1 cm³/mol. The zero-order valence-corrected chi connectivity index (χ0v) is 10.4. The molecule has 2 rings (SSSR count). The van der Waals surface area contributed by atoms with Crippen molar-refractivity contribution >= 4 is 29.1 Å². The molecule has 1 fully saturated rings. The largest absolute Gasteiger partial charge is 0.476 e. The Labute approximate surface area is 107 Å². The lowest BCUT2D eigenvalue weighted by molar-refractivity contribution is -0.149. The molecule has 7 nitrogen and oxygen atoms in total. The number of carboxylic acid groups (broad SMARTS) is 1. The number of hydrogen-bond acceptors (Lipinski definition) is 5. The maximum absolute atomic E-state index is 11.7. The molecule has 1 aliphatic rings. The Bertz CT molecular complexity index is 513. The SMILES string of the molecule is CN1CC(=O)N(Cc2csc(C(=O)O)n2)CC1=O. The molecule has 0 atom stereocenters. The number of aromatic carboxylic acids is 1. The number of carboxylic acids is 1. The molecule has 0 unspecified atom stereocenters. The average molecular weight is 269 g/mol. The Morgan fingerprint density at radius 2 is 2.17 bits per heavy atom. The van der Waals surface area contributed by atoms with E-state index in [0.717, 1.165) is 11.3 Å². The first-order chi connectivity index (χ1) is 8.47. The Morgan fingerprint density at radius 1 is 1.44 bits per heavy atom. The van der Waals surface area contributed by atoms with Crippen molar-refractivity contribution < 1.29 is 19.5 Å². The first kappa shape index (κ1) is 12.5. The second-order valence-electron chi connectivity index (χ2n) is 3.95. The van der Waals surface area contributed by atoms with Gasteiger partial charge < -0.3 is 14.9 Å². The highest BCUT2D eigenvalue weighted by Crippen LogP contribution is 2.13. The zero-order valence-electron chi connectivity index (χ0n) is 9.62. The maximum Gasteiger partial charge on any atom is 0.365 e. The number of piperazine rings is 1. The molecule has 96 valence electrons. The van der Waals surface area contributed by atoms with Crippen LogP contribution in [-0.4, -0.2) is 57.8 Å². The molecular formula is C10H11N3O4S. The van der Waals surface area contributed by atoms with Gasteiger partial charge in [0, 0.05) is 12.4 Å². The van der Waals surface area contributed by atoms with Gasteiger partial charge in [0.05, 0.1) is 18.8 Å². The van der Waals surface area contributed by atoms with Crippen LogP contribution in [0.2, 0.25) is 0 Å². The van der Waals surface area contributed by atoms with Crippen LogP contribution in [0, 0.1) is 0 Å². The van der Waals surface area contributed by atoms with Crippen molar-refractivity contribution in [3.63, 3.8) is 0 Å². The fourth-order valence-corrected chi connectivity index (χ4v) is 2.23. The van der Waals surface area contributed by atoms with Crippen LogP contribution in [0.4, 0.5) is 0 Å². The Balaban J connectivity index is 2.06. The maximum atomic E-state index is 11.7. The predicted octanol–water partition coefficient (Wildman–Crippen LogP) is -0.358. The molecule has 0 saturated carbocycles. The van der Waals surface area contributed by atoms with Crippen LogP contribution >= 0.6 is 11.3 Å². The van der Waals surface area contributed by atoms with Crippen LogP contribution in [0.25, 0.3) is 0 Å². The number of aromatic nitrogens is 1. The van der Waals surface area contributed by atoms with Gasteiger partial charge in [0.1, 0.15) is 6.54 Å². The number of carbonyl (C=O) groups excluding carboxylic acids is 2. The van der Waals surface area contributed by atoms with Crippen molar-refractivity contribution in [1.82, 2.24) is 14.8 Å². The molecule has 0 bridgehead atoms. The second-order valence-corrected chi connectivity index (χ2v) is 4.81. The standard InChI is InChI=1S/C10H11N3O4S/c1-12-3-8(15)13(4-7(12)14)2-6-5-18-9(11-6)10(16)17/h5H,2-4H2,1H3,(H,16,17). The van der Waals surface area contributed by atoms with Crippen LogP contribution in [0.15, 0.2) is 5.38 Å². The van der Waals surface area contributed by atoms with Crippen molar-refractivity contribution in [2.24, 2.45) is 0 Å². The third kappa shape index (κ3) is 2.48. The fourth-order valence-electron chi connectivity index (χ4n) is 1.58. The number of amides is 2. The van der Waals surface area contributed by atoms with Crippen molar-refractivity contribution in [3.05, 3.63) is 16.1 Å². The van der Waals surface area contributed by atoms with Gasteiger partial charge in [-0.25, -0.2) is 9.78 Å². The molecular weight excluding hydrogens is 258 g/mol. The Morgan fingerprint density at radius 3 is 2.78 bits per heavy atom. The molecule has 0 spiro atoms. The van der Waals surface area contributed by atoms with Gasteiger partial charge in [-0.3, -0.25) is 9.59 Å². The molecule has 0 radical (unpaired) electrons. The minimum absolute atomic E-state index is 0.00919. The van der Waals surface area contributed by atoms with Crippen LogP contribution in [0.5, 0.6) is 0 Å². The van der Waals surface area contributed by atoms with E-state index in [0.29, 0.717) is 5.69 Å². The molecule has 1 aliphatic heterocycles. The number of rotatable bonds is 3. The summed E-state index contributed by atoms with van der Waals surface area (Å²) in [7, 11) is 1.57. The molecule has 2 heterocycles. The summed E-state index contributed by atoms with van der Waals surface area (Å²) in [5, 5.41) is 10.3. The van der Waals surface area contributed by atoms with Crippen molar-refractivity contribution in [1.29, 1.82) is 0 Å². The first-order valence-electron chi connectivity index (χ1n) is 5.17. The van der Waals surface area contributed by atoms with E-state index in [-0.39, 0.29) is 36.5 Å². The first-order valence-corrected chi connectivity index (χ1v) is 6.05. The minimum atomic E-state index is -1.09. The van der Waals surface area contributed by atoms with E-state index < -0.39 is 5.97 Å². The van der Waals surface area contributed by atoms with Gasteiger partial charge in [-0.1, -0.05) is 0 Å². The summed E-state index contributed by atoms with van der Waals surface area (Å²) in [6, 6.07) is 0. The number of carbonyl (C=O) groups is 3. The van der Waals surface area contributed by atoms with Gasteiger partial charge in [-0.15, -0.1) is 11.3 Å². The van der Waals surface area contributed by atoms with Crippen molar-refractivity contribution in [3.8, 4) is 0 Å². The van der Waals surface area contributed by atoms with Gasteiger partial charge >= 0.3 is 5.97 Å². The fraction of sp³-hybridized carbons (Fsp3) is 0.400. The van der Waals surface area contributed by atoms with Crippen molar-refractivity contribution in [2.75, 3.05) is 20.1 Å². The van der Waals surface area contributed by atoms with Gasteiger partial charge in [-0.2, -0.15) is 0 Å². The zero-order chi connectivity index (χ0) is 13.3. The van der Waals surface area contributed by atoms with E-state index in [1.807, 2.05) is 0 Å². The third-order valence-electron chi connectivity index (χ3n) is 2.56. The summed E-state index contributed by atoms with van der Waals surface area (Å²) in [6.07, 6.45) is 0. The van der Waals surface area contributed by atoms with Crippen LogP contribution < -0.4 is 0 Å². The Hall–Kier alpha value is -1.96. The van der Waals surface area contributed by atoms with E-state index in [2.05, 4.69) is 4.98 Å². The van der Waals surface area contributed by atoms with E-state index in [1.165, 1.54) is 9.80 Å². The van der Waals surface area contributed by atoms with Gasteiger partial charge in [-0.05, 0) is 0 Å². The monoisotopic (exact) mass is 269 g/mol. The van der Waals surface area contributed by atoms with E-state index in [1.54, 1.807) is 12.4 Å². The number of thiazole rings is 1. The molecule has 1 saturated heterocycles. The summed E-state index contributed by atoms with van der Waals surface area (Å²) < 4.78 is 0. The molecule has 0 aromatic carbocycles. The van der Waals surface area contributed by atoms with Gasteiger partial charge in [0.2, 0.25) is 16.8 Å². The molecule has 1 N–H and O–H groups in total. The molecule has 1 aromatic rings. The second kappa shape index (κ2) is 4.73. The molecule has 8 heteroatoms. The van der Waals surface area contributed by atoms with Gasteiger partial charge in [0.25, 0.3) is 0 Å².